The zero-order chi connectivity index (χ0) is 15.6. The summed E-state index contributed by atoms with van der Waals surface area (Å²) in [4.78, 5) is 0. The summed E-state index contributed by atoms with van der Waals surface area (Å²) >= 11 is 5.41. The normalized spacial score (nSPS) is 10.8. The Balaban J connectivity index is 1.60. The molecular weight excluding hydrogens is 306 g/mol. The molecule has 0 amide bonds. The Morgan fingerprint density at radius 1 is 0.826 bits per heavy atom. The van der Waals surface area contributed by atoms with Gasteiger partial charge in [-0.25, -0.2) is 0 Å². The van der Waals surface area contributed by atoms with Crippen LogP contribution in [0.25, 0.3) is 21.7 Å². The highest BCUT2D eigenvalue weighted by atomic mass is 32.1. The molecule has 23 heavy (non-hydrogen) atoms. The van der Waals surface area contributed by atoms with Crippen molar-refractivity contribution in [2.24, 2.45) is 0 Å². The van der Waals surface area contributed by atoms with E-state index in [0.29, 0.717) is 10.9 Å². The van der Waals surface area contributed by atoms with Crippen LogP contribution >= 0.6 is 12.2 Å². The monoisotopic (exact) mass is 319 g/mol. The minimum absolute atomic E-state index is 0.473. The summed E-state index contributed by atoms with van der Waals surface area (Å²) in [6.07, 6.45) is 0. The number of benzene rings is 3. The quantitative estimate of drug-likeness (QED) is 0.520. The highest BCUT2D eigenvalue weighted by Gasteiger charge is 2.09. The molecule has 4 rings (SSSR count). The molecule has 0 saturated carbocycles. The van der Waals surface area contributed by atoms with Crippen molar-refractivity contribution >= 4 is 50.6 Å². The highest BCUT2D eigenvalue weighted by molar-refractivity contribution is 7.80. The van der Waals surface area contributed by atoms with Crippen molar-refractivity contribution in [2.45, 2.75) is 0 Å². The van der Waals surface area contributed by atoms with Crippen molar-refractivity contribution in [1.82, 2.24) is 5.16 Å². The Hall–Kier alpha value is -2.92. The van der Waals surface area contributed by atoms with E-state index >= 15 is 0 Å². The fourth-order valence-electron chi connectivity index (χ4n) is 2.57. The molecular formula is C18H13N3OS. The van der Waals surface area contributed by atoms with Crippen LogP contribution < -0.4 is 10.6 Å². The van der Waals surface area contributed by atoms with E-state index in [1.54, 1.807) is 0 Å². The van der Waals surface area contributed by atoms with Crippen LogP contribution in [-0.4, -0.2) is 10.3 Å². The maximum atomic E-state index is 5.41. The molecule has 3 aromatic carbocycles. The van der Waals surface area contributed by atoms with E-state index in [0.717, 1.165) is 27.4 Å². The van der Waals surface area contributed by atoms with Gasteiger partial charge in [-0.3, -0.25) is 0 Å². The first-order valence-corrected chi connectivity index (χ1v) is 7.62. The summed E-state index contributed by atoms with van der Waals surface area (Å²) in [5, 5.41) is 14.0. The maximum absolute atomic E-state index is 5.41. The van der Waals surface area contributed by atoms with Crippen molar-refractivity contribution in [3.63, 3.8) is 0 Å². The Labute approximate surface area is 138 Å². The topological polar surface area (TPSA) is 50.1 Å². The summed E-state index contributed by atoms with van der Waals surface area (Å²) in [6.45, 7) is 0. The van der Waals surface area contributed by atoms with Crippen molar-refractivity contribution in [1.29, 1.82) is 0 Å². The molecule has 1 heterocycles. The van der Waals surface area contributed by atoms with Gasteiger partial charge in [0.15, 0.2) is 16.5 Å². The van der Waals surface area contributed by atoms with Crippen LogP contribution in [0.2, 0.25) is 0 Å². The van der Waals surface area contributed by atoms with Crippen molar-refractivity contribution in [3.05, 3.63) is 66.7 Å². The van der Waals surface area contributed by atoms with E-state index in [1.165, 1.54) is 0 Å². The van der Waals surface area contributed by atoms with Gasteiger partial charge in [-0.1, -0.05) is 53.7 Å². The van der Waals surface area contributed by atoms with Gasteiger partial charge in [0.05, 0.1) is 5.39 Å². The highest BCUT2D eigenvalue weighted by Crippen LogP contribution is 2.25. The molecule has 4 nitrogen and oxygen atoms in total. The summed E-state index contributed by atoms with van der Waals surface area (Å²) in [5.41, 5.74) is 1.68. The van der Waals surface area contributed by atoms with Crippen LogP contribution in [0.15, 0.2) is 71.3 Å². The lowest BCUT2D eigenvalue weighted by molar-refractivity contribution is 0.460. The second-order valence-corrected chi connectivity index (χ2v) is 5.54. The molecule has 2 N–H and O–H groups in total. The third-order valence-electron chi connectivity index (χ3n) is 3.65. The molecule has 0 fully saturated rings. The Bertz CT molecular complexity index is 1000. The molecule has 0 atom stereocenters. The van der Waals surface area contributed by atoms with E-state index in [2.05, 4.69) is 34.0 Å². The number of aromatic nitrogens is 1. The van der Waals surface area contributed by atoms with Crippen LogP contribution in [0.5, 0.6) is 0 Å². The molecule has 5 heteroatoms. The number of anilines is 2. The lowest BCUT2D eigenvalue weighted by Crippen LogP contribution is -2.19. The van der Waals surface area contributed by atoms with Gasteiger partial charge in [0.1, 0.15) is 0 Å². The summed E-state index contributed by atoms with van der Waals surface area (Å²) in [6, 6.07) is 21.9. The van der Waals surface area contributed by atoms with E-state index < -0.39 is 0 Å². The van der Waals surface area contributed by atoms with Gasteiger partial charge in [-0.2, -0.15) is 0 Å². The van der Waals surface area contributed by atoms with E-state index in [4.69, 9.17) is 16.7 Å². The van der Waals surface area contributed by atoms with Crippen LogP contribution in [0.4, 0.5) is 11.5 Å². The smallest absolute Gasteiger partial charge is 0.183 e. The minimum atomic E-state index is 0.473. The predicted octanol–water partition coefficient (Wildman–Crippen LogP) is 4.79. The van der Waals surface area contributed by atoms with Crippen molar-refractivity contribution in [3.8, 4) is 0 Å². The van der Waals surface area contributed by atoms with Crippen molar-refractivity contribution < 1.29 is 4.52 Å². The van der Waals surface area contributed by atoms with E-state index in [-0.39, 0.29) is 0 Å². The van der Waals surface area contributed by atoms with E-state index in [1.807, 2.05) is 48.5 Å². The SMILES string of the molecule is S=C(Nc1cccc2ccccc12)Nc1noc2ccccc12. The third-order valence-corrected chi connectivity index (χ3v) is 3.85. The van der Waals surface area contributed by atoms with Crippen LogP contribution in [0.1, 0.15) is 0 Å². The first-order chi connectivity index (χ1) is 11.3. The largest absolute Gasteiger partial charge is 0.354 e. The predicted molar refractivity (Wildman–Crippen MR) is 97.8 cm³/mol. The van der Waals surface area contributed by atoms with Gasteiger partial charge in [-0.15, -0.1) is 0 Å². The number of hydrogen-bond donors (Lipinski definition) is 2. The average Bonchev–Trinajstić information content (AvgIpc) is 2.98. The Morgan fingerprint density at radius 2 is 1.57 bits per heavy atom. The van der Waals surface area contributed by atoms with Crippen LogP contribution in [0.3, 0.4) is 0 Å². The molecule has 0 bridgehead atoms. The Kier molecular flexibility index (Phi) is 3.40. The molecule has 112 valence electrons. The molecule has 4 aromatic rings. The number of para-hydroxylation sites is 1. The summed E-state index contributed by atoms with van der Waals surface area (Å²) < 4.78 is 5.27. The molecule has 0 aliphatic heterocycles. The molecule has 0 unspecified atom stereocenters. The van der Waals surface area contributed by atoms with Gasteiger partial charge in [-0.05, 0) is 35.8 Å². The summed E-state index contributed by atoms with van der Waals surface area (Å²) in [7, 11) is 0. The van der Waals surface area contributed by atoms with Gasteiger partial charge in [0.2, 0.25) is 0 Å². The number of thiocarbonyl (C=S) groups is 1. The number of hydrogen-bond acceptors (Lipinski definition) is 3. The molecule has 0 radical (unpaired) electrons. The second kappa shape index (κ2) is 5.70. The minimum Gasteiger partial charge on any atom is -0.354 e. The number of nitrogens with one attached hydrogen (secondary N) is 2. The maximum Gasteiger partial charge on any atom is 0.183 e. The summed E-state index contributed by atoms with van der Waals surface area (Å²) in [5.74, 6) is 0.610. The number of rotatable bonds is 2. The van der Waals surface area contributed by atoms with Crippen LogP contribution in [0, 0.1) is 0 Å². The average molecular weight is 319 g/mol. The zero-order valence-corrected chi connectivity index (χ0v) is 12.9. The number of nitrogens with zero attached hydrogens (tertiary/aromatic N) is 1. The van der Waals surface area contributed by atoms with Gasteiger partial charge in [0, 0.05) is 11.1 Å². The lowest BCUT2D eigenvalue weighted by Gasteiger charge is -2.11. The molecule has 0 spiro atoms. The molecule has 1 aromatic heterocycles. The molecule has 0 saturated heterocycles. The van der Waals surface area contributed by atoms with E-state index in [9.17, 15) is 0 Å². The fourth-order valence-corrected chi connectivity index (χ4v) is 2.78. The van der Waals surface area contributed by atoms with Gasteiger partial charge >= 0.3 is 0 Å². The first-order valence-electron chi connectivity index (χ1n) is 7.21. The number of fused-ring (bicyclic) bond motifs is 2. The fraction of sp³-hybridized carbons (Fsp3) is 0. The Morgan fingerprint density at radius 3 is 2.48 bits per heavy atom. The van der Waals surface area contributed by atoms with Crippen molar-refractivity contribution in [2.75, 3.05) is 10.6 Å². The zero-order valence-electron chi connectivity index (χ0n) is 12.1. The van der Waals surface area contributed by atoms with Gasteiger partial charge in [0.25, 0.3) is 0 Å². The van der Waals surface area contributed by atoms with Gasteiger partial charge < -0.3 is 15.2 Å². The lowest BCUT2D eigenvalue weighted by atomic mass is 10.1. The van der Waals surface area contributed by atoms with Crippen LogP contribution in [-0.2, 0) is 0 Å². The first kappa shape index (κ1) is 13.7. The molecule has 0 aliphatic carbocycles. The second-order valence-electron chi connectivity index (χ2n) is 5.13. The molecule has 0 aliphatic rings. The standard InChI is InChI=1S/C18H13N3OS/c23-18(20-17-14-9-3-4-11-16(14)22-21-17)19-15-10-5-7-12-6-1-2-8-13(12)15/h1-11H,(H2,19,20,21,23). The third kappa shape index (κ3) is 2.62.